The fourth-order valence-electron chi connectivity index (χ4n) is 2.89. The zero-order valence-electron chi connectivity index (χ0n) is 15.6. The van der Waals surface area contributed by atoms with E-state index in [1.54, 1.807) is 11.5 Å². The van der Waals surface area contributed by atoms with E-state index in [1.807, 2.05) is 54.9 Å². The van der Waals surface area contributed by atoms with E-state index in [-0.39, 0.29) is 23.9 Å². The van der Waals surface area contributed by atoms with Crippen molar-refractivity contribution in [3.63, 3.8) is 0 Å². The number of carbonyl (C=O) groups excluding carboxylic acids is 1. The van der Waals surface area contributed by atoms with E-state index in [9.17, 15) is 14.9 Å². The summed E-state index contributed by atoms with van der Waals surface area (Å²) in [7, 11) is 1.36. The molecule has 142 valence electrons. The standard InChI is InChI=1S/C21H19N3O4/c1-15-11-19(24(26)27)20(28-2)12-18(15)22-21(25)14-23-10-6-9-17(13-23)16-7-4-3-5-8-16/h3-13H,14H2,1-2H3/p+1. The number of ether oxygens (including phenoxy) is 1. The van der Waals surface area contributed by atoms with Crippen molar-refractivity contribution >= 4 is 17.3 Å². The van der Waals surface area contributed by atoms with Gasteiger partial charge in [0, 0.05) is 29.4 Å². The second kappa shape index (κ2) is 8.30. The van der Waals surface area contributed by atoms with Crippen LogP contribution < -0.4 is 14.6 Å². The number of methoxy groups -OCH3 is 1. The van der Waals surface area contributed by atoms with E-state index in [1.165, 1.54) is 19.2 Å². The van der Waals surface area contributed by atoms with Crippen LogP contribution in [-0.2, 0) is 11.3 Å². The first-order valence-corrected chi connectivity index (χ1v) is 8.65. The summed E-state index contributed by atoms with van der Waals surface area (Å²) in [5.41, 5.74) is 3.00. The summed E-state index contributed by atoms with van der Waals surface area (Å²) < 4.78 is 6.86. The Hall–Kier alpha value is -3.74. The number of nitrogens with one attached hydrogen (secondary N) is 1. The van der Waals surface area contributed by atoms with Crippen LogP contribution in [-0.4, -0.2) is 17.9 Å². The third kappa shape index (κ3) is 4.32. The number of nitrogens with zero attached hydrogens (tertiary/aromatic N) is 2. The Kier molecular flexibility index (Phi) is 5.64. The van der Waals surface area contributed by atoms with Gasteiger partial charge in [0.25, 0.3) is 5.91 Å². The van der Waals surface area contributed by atoms with E-state index in [0.29, 0.717) is 11.3 Å². The number of aromatic nitrogens is 1. The van der Waals surface area contributed by atoms with Crippen molar-refractivity contribution in [1.82, 2.24) is 0 Å². The van der Waals surface area contributed by atoms with Crippen LogP contribution in [0.4, 0.5) is 11.4 Å². The number of anilines is 1. The number of benzene rings is 2. The highest BCUT2D eigenvalue weighted by Crippen LogP contribution is 2.32. The summed E-state index contributed by atoms with van der Waals surface area (Å²) in [6.45, 7) is 1.81. The van der Waals surface area contributed by atoms with Crippen molar-refractivity contribution < 1.29 is 19.0 Å². The normalized spacial score (nSPS) is 10.4. The Labute approximate surface area is 162 Å². The topological polar surface area (TPSA) is 85.3 Å². The lowest BCUT2D eigenvalue weighted by Gasteiger charge is -2.10. The molecule has 0 bridgehead atoms. The Bertz CT molecular complexity index is 1020. The van der Waals surface area contributed by atoms with Crippen LogP contribution in [0, 0.1) is 17.0 Å². The zero-order valence-corrected chi connectivity index (χ0v) is 15.6. The van der Waals surface area contributed by atoms with Gasteiger partial charge in [0.1, 0.15) is 0 Å². The first kappa shape index (κ1) is 19.0. The van der Waals surface area contributed by atoms with Crippen LogP contribution in [0.25, 0.3) is 11.1 Å². The predicted molar refractivity (Wildman–Crippen MR) is 105 cm³/mol. The number of hydrogen-bond donors (Lipinski definition) is 1. The summed E-state index contributed by atoms with van der Waals surface area (Å²) in [6, 6.07) is 16.6. The third-order valence-electron chi connectivity index (χ3n) is 4.29. The Balaban J connectivity index is 1.77. The van der Waals surface area contributed by atoms with Crippen LogP contribution >= 0.6 is 0 Å². The minimum atomic E-state index is -0.512. The van der Waals surface area contributed by atoms with Gasteiger partial charge in [0.05, 0.1) is 12.0 Å². The molecule has 28 heavy (non-hydrogen) atoms. The largest absolute Gasteiger partial charge is 0.490 e. The van der Waals surface area contributed by atoms with Gasteiger partial charge in [0.15, 0.2) is 18.1 Å². The summed E-state index contributed by atoms with van der Waals surface area (Å²) >= 11 is 0. The number of amides is 1. The maximum absolute atomic E-state index is 12.5. The number of pyridine rings is 1. The molecular weight excluding hydrogens is 358 g/mol. The second-order valence-corrected chi connectivity index (χ2v) is 6.28. The average Bonchev–Trinajstić information content (AvgIpc) is 2.70. The van der Waals surface area contributed by atoms with Crippen LogP contribution in [0.1, 0.15) is 5.56 Å². The number of hydrogen-bond acceptors (Lipinski definition) is 4. The SMILES string of the molecule is COc1cc(NC(=O)C[n+]2cccc(-c3ccccc3)c2)c(C)cc1[N+](=O)[O-]. The van der Waals surface area contributed by atoms with Gasteiger partial charge in [-0.2, -0.15) is 4.57 Å². The van der Waals surface area contributed by atoms with E-state index in [0.717, 1.165) is 11.1 Å². The van der Waals surface area contributed by atoms with Crippen LogP contribution in [0.5, 0.6) is 5.75 Å². The van der Waals surface area contributed by atoms with Crippen molar-refractivity contribution in [2.45, 2.75) is 13.5 Å². The minimum absolute atomic E-state index is 0.102. The maximum Gasteiger partial charge on any atom is 0.311 e. The van der Waals surface area contributed by atoms with Crippen molar-refractivity contribution in [2.24, 2.45) is 0 Å². The average molecular weight is 378 g/mol. The molecule has 1 N–H and O–H groups in total. The molecule has 7 nitrogen and oxygen atoms in total. The lowest BCUT2D eigenvalue weighted by molar-refractivity contribution is -0.683. The highest BCUT2D eigenvalue weighted by atomic mass is 16.6. The molecule has 0 radical (unpaired) electrons. The predicted octanol–water partition coefficient (Wildman–Crippen LogP) is 3.51. The number of nitro benzene ring substituents is 1. The molecule has 0 saturated carbocycles. The lowest BCUT2D eigenvalue weighted by Crippen LogP contribution is -2.39. The molecule has 3 aromatic rings. The number of aryl methyl sites for hydroxylation is 1. The monoisotopic (exact) mass is 378 g/mol. The number of carbonyl (C=O) groups is 1. The van der Waals surface area contributed by atoms with Crippen molar-refractivity contribution in [3.05, 3.63) is 82.7 Å². The molecule has 0 spiro atoms. The Morgan fingerprint density at radius 2 is 1.86 bits per heavy atom. The summed E-state index contributed by atoms with van der Waals surface area (Å²) in [5, 5.41) is 13.9. The fraction of sp³-hybridized carbons (Fsp3) is 0.143. The molecule has 1 aromatic heterocycles. The zero-order chi connectivity index (χ0) is 20.1. The molecule has 3 rings (SSSR count). The van der Waals surface area contributed by atoms with Gasteiger partial charge >= 0.3 is 5.69 Å². The molecule has 0 saturated heterocycles. The van der Waals surface area contributed by atoms with E-state index in [4.69, 9.17) is 4.74 Å². The fourth-order valence-corrected chi connectivity index (χ4v) is 2.89. The molecule has 0 aliphatic carbocycles. The molecule has 1 amide bonds. The van der Waals surface area contributed by atoms with Gasteiger partial charge in [0.2, 0.25) is 6.54 Å². The van der Waals surface area contributed by atoms with E-state index >= 15 is 0 Å². The molecular formula is C21H20N3O4+. The van der Waals surface area contributed by atoms with Gasteiger partial charge in [-0.3, -0.25) is 14.9 Å². The molecule has 0 unspecified atom stereocenters. The maximum atomic E-state index is 12.5. The minimum Gasteiger partial charge on any atom is -0.490 e. The highest BCUT2D eigenvalue weighted by molar-refractivity contribution is 5.91. The molecule has 0 aliphatic rings. The van der Waals surface area contributed by atoms with Gasteiger partial charge in [-0.1, -0.05) is 30.3 Å². The molecule has 2 aromatic carbocycles. The van der Waals surface area contributed by atoms with Gasteiger partial charge in [-0.05, 0) is 24.1 Å². The molecule has 1 heterocycles. The Morgan fingerprint density at radius 1 is 1.14 bits per heavy atom. The van der Waals surface area contributed by atoms with Gasteiger partial charge in [-0.15, -0.1) is 0 Å². The van der Waals surface area contributed by atoms with Crippen LogP contribution in [0.15, 0.2) is 67.0 Å². The molecule has 0 fully saturated rings. The summed E-state index contributed by atoms with van der Waals surface area (Å²) in [6.07, 6.45) is 3.72. The van der Waals surface area contributed by atoms with E-state index < -0.39 is 4.92 Å². The first-order chi connectivity index (χ1) is 13.5. The number of rotatable bonds is 6. The lowest BCUT2D eigenvalue weighted by atomic mass is 10.1. The molecule has 0 atom stereocenters. The smallest absolute Gasteiger partial charge is 0.311 e. The summed E-state index contributed by atoms with van der Waals surface area (Å²) in [4.78, 5) is 23.1. The van der Waals surface area contributed by atoms with Crippen molar-refractivity contribution in [2.75, 3.05) is 12.4 Å². The van der Waals surface area contributed by atoms with Crippen molar-refractivity contribution in [3.8, 4) is 16.9 Å². The van der Waals surface area contributed by atoms with Gasteiger partial charge < -0.3 is 10.1 Å². The molecule has 0 aliphatic heterocycles. The van der Waals surface area contributed by atoms with E-state index in [2.05, 4.69) is 5.32 Å². The summed E-state index contributed by atoms with van der Waals surface area (Å²) in [5.74, 6) is -0.140. The second-order valence-electron chi connectivity index (χ2n) is 6.28. The number of nitro groups is 1. The first-order valence-electron chi connectivity index (χ1n) is 8.65. The molecule has 7 heteroatoms. The third-order valence-corrected chi connectivity index (χ3v) is 4.29. The quantitative estimate of drug-likeness (QED) is 0.404. The Morgan fingerprint density at radius 3 is 2.54 bits per heavy atom. The van der Waals surface area contributed by atoms with Crippen LogP contribution in [0.2, 0.25) is 0 Å². The van der Waals surface area contributed by atoms with Gasteiger partial charge in [-0.25, -0.2) is 0 Å². The van der Waals surface area contributed by atoms with Crippen molar-refractivity contribution in [1.29, 1.82) is 0 Å². The van der Waals surface area contributed by atoms with Crippen LogP contribution in [0.3, 0.4) is 0 Å². The highest BCUT2D eigenvalue weighted by Gasteiger charge is 2.19.